The van der Waals surface area contributed by atoms with Gasteiger partial charge in [-0.05, 0) is 48.7 Å². The minimum atomic E-state index is 0.221. The van der Waals surface area contributed by atoms with Crippen LogP contribution in [0.2, 0.25) is 0 Å². The predicted octanol–water partition coefficient (Wildman–Crippen LogP) is 2.88. The van der Waals surface area contributed by atoms with Crippen molar-refractivity contribution in [2.75, 3.05) is 20.2 Å². The molecule has 5 rings (SSSR count). The Bertz CT molecular complexity index is 782. The highest BCUT2D eigenvalue weighted by atomic mass is 16.5. The minimum Gasteiger partial charge on any atom is -0.497 e. The van der Waals surface area contributed by atoms with E-state index in [1.807, 2.05) is 30.5 Å². The fourth-order valence-corrected chi connectivity index (χ4v) is 3.44. The fourth-order valence-electron chi connectivity index (χ4n) is 3.44. The van der Waals surface area contributed by atoms with E-state index in [0.29, 0.717) is 12.3 Å². The van der Waals surface area contributed by atoms with E-state index in [-0.39, 0.29) is 5.92 Å². The molecule has 0 aliphatic carbocycles. The second kappa shape index (κ2) is 5.13. The van der Waals surface area contributed by atoms with Crippen LogP contribution in [0.25, 0.3) is 17.0 Å². The SMILES string of the molecule is COc1ccc2nccc(/C=C3\C[C@H]4CCN3CC4=O)c2c1. The minimum absolute atomic E-state index is 0.221. The van der Waals surface area contributed by atoms with Gasteiger partial charge in [-0.15, -0.1) is 0 Å². The maximum atomic E-state index is 11.9. The number of allylic oxidation sites excluding steroid dienone is 1. The van der Waals surface area contributed by atoms with Gasteiger partial charge in [-0.2, -0.15) is 0 Å². The Morgan fingerprint density at radius 1 is 1.36 bits per heavy atom. The van der Waals surface area contributed by atoms with Crippen LogP contribution in [0, 0.1) is 5.92 Å². The number of carbonyl (C=O) groups excluding carboxylic acids is 1. The van der Waals surface area contributed by atoms with E-state index in [0.717, 1.165) is 41.6 Å². The maximum absolute atomic E-state index is 11.9. The molecule has 3 aliphatic rings. The van der Waals surface area contributed by atoms with Gasteiger partial charge < -0.3 is 9.64 Å². The summed E-state index contributed by atoms with van der Waals surface area (Å²) in [4.78, 5) is 18.5. The molecule has 4 nitrogen and oxygen atoms in total. The number of aromatic nitrogens is 1. The summed E-state index contributed by atoms with van der Waals surface area (Å²) >= 11 is 0. The first kappa shape index (κ1) is 13.3. The third-order valence-electron chi connectivity index (χ3n) is 4.72. The highest BCUT2D eigenvalue weighted by Gasteiger charge is 2.35. The summed E-state index contributed by atoms with van der Waals surface area (Å²) in [5, 5.41) is 1.09. The zero-order valence-corrected chi connectivity index (χ0v) is 12.6. The first-order chi connectivity index (χ1) is 10.7. The number of hydrogen-bond donors (Lipinski definition) is 0. The van der Waals surface area contributed by atoms with Gasteiger partial charge in [0.05, 0.1) is 19.2 Å². The molecule has 1 atom stereocenters. The average Bonchev–Trinajstić information content (AvgIpc) is 2.56. The van der Waals surface area contributed by atoms with Crippen LogP contribution in [0.1, 0.15) is 18.4 Å². The molecule has 0 radical (unpaired) electrons. The zero-order chi connectivity index (χ0) is 15.1. The topological polar surface area (TPSA) is 42.4 Å². The monoisotopic (exact) mass is 294 g/mol. The molecule has 3 saturated heterocycles. The Labute approximate surface area is 129 Å². The first-order valence-electron chi connectivity index (χ1n) is 7.65. The molecular formula is C18H18N2O2. The molecule has 0 spiro atoms. The van der Waals surface area contributed by atoms with Crippen molar-refractivity contribution in [1.29, 1.82) is 0 Å². The lowest BCUT2D eigenvalue weighted by Gasteiger charge is -2.41. The number of benzene rings is 1. The van der Waals surface area contributed by atoms with E-state index < -0.39 is 0 Å². The van der Waals surface area contributed by atoms with Gasteiger partial charge in [0.2, 0.25) is 0 Å². The van der Waals surface area contributed by atoms with Gasteiger partial charge in [0, 0.05) is 29.7 Å². The summed E-state index contributed by atoms with van der Waals surface area (Å²) in [7, 11) is 1.67. The molecule has 0 unspecified atom stereocenters. The standard InChI is InChI=1S/C18H18N2O2/c1-22-15-2-3-17-16(10-15)12(4-6-19-17)8-14-9-13-5-7-20(14)11-18(13)21/h2-4,6,8,10,13H,5,7,9,11H2,1H3/b14-8+/t13-/m1/s1. The molecule has 3 fully saturated rings. The van der Waals surface area contributed by atoms with Crippen molar-refractivity contribution in [1.82, 2.24) is 9.88 Å². The van der Waals surface area contributed by atoms with Gasteiger partial charge in [-0.1, -0.05) is 0 Å². The Kier molecular flexibility index (Phi) is 3.10. The van der Waals surface area contributed by atoms with Crippen LogP contribution in [0.4, 0.5) is 0 Å². The maximum Gasteiger partial charge on any atom is 0.155 e. The molecule has 2 aromatic rings. The molecule has 4 heteroatoms. The third-order valence-corrected chi connectivity index (χ3v) is 4.72. The van der Waals surface area contributed by atoms with Crippen molar-refractivity contribution in [2.45, 2.75) is 12.8 Å². The van der Waals surface area contributed by atoms with Gasteiger partial charge in [-0.25, -0.2) is 0 Å². The molecule has 1 aromatic carbocycles. The number of piperidine rings is 3. The van der Waals surface area contributed by atoms with Crippen molar-refractivity contribution in [2.24, 2.45) is 5.92 Å². The highest BCUT2D eigenvalue weighted by Crippen LogP contribution is 2.34. The van der Waals surface area contributed by atoms with E-state index in [9.17, 15) is 4.79 Å². The Morgan fingerprint density at radius 2 is 2.27 bits per heavy atom. The number of ether oxygens (including phenoxy) is 1. The lowest BCUT2D eigenvalue weighted by atomic mass is 9.84. The first-order valence-corrected chi connectivity index (χ1v) is 7.65. The fraction of sp³-hybridized carbons (Fsp3) is 0.333. The summed E-state index contributed by atoms with van der Waals surface area (Å²) in [6, 6.07) is 7.96. The summed E-state index contributed by atoms with van der Waals surface area (Å²) in [5.74, 6) is 1.45. The third kappa shape index (κ3) is 2.15. The number of rotatable bonds is 2. The van der Waals surface area contributed by atoms with Crippen molar-refractivity contribution in [3.05, 3.63) is 41.7 Å². The molecule has 0 amide bonds. The van der Waals surface area contributed by atoms with Gasteiger partial charge in [0.1, 0.15) is 5.75 Å². The van der Waals surface area contributed by atoms with E-state index in [2.05, 4.69) is 16.0 Å². The average molecular weight is 294 g/mol. The van der Waals surface area contributed by atoms with Crippen molar-refractivity contribution in [3.8, 4) is 5.75 Å². The smallest absolute Gasteiger partial charge is 0.155 e. The number of pyridine rings is 1. The molecular weight excluding hydrogens is 276 g/mol. The Morgan fingerprint density at radius 3 is 3.00 bits per heavy atom. The Hall–Kier alpha value is -2.36. The molecule has 0 N–H and O–H groups in total. The highest BCUT2D eigenvalue weighted by molar-refractivity contribution is 5.90. The second-order valence-electron chi connectivity index (χ2n) is 6.00. The molecule has 22 heavy (non-hydrogen) atoms. The summed E-state index contributed by atoms with van der Waals surface area (Å²) in [6.45, 7) is 1.57. The van der Waals surface area contributed by atoms with Gasteiger partial charge >= 0.3 is 0 Å². The van der Waals surface area contributed by atoms with Crippen LogP contribution in [-0.2, 0) is 4.79 Å². The largest absolute Gasteiger partial charge is 0.497 e. The van der Waals surface area contributed by atoms with Gasteiger partial charge in [0.25, 0.3) is 0 Å². The number of nitrogens with zero attached hydrogens (tertiary/aromatic N) is 2. The van der Waals surface area contributed by atoms with E-state index in [1.165, 1.54) is 5.70 Å². The van der Waals surface area contributed by atoms with Crippen LogP contribution < -0.4 is 4.74 Å². The molecule has 4 heterocycles. The number of Topliss-reactive ketones (excluding diaryl/α,β-unsaturated/α-hetero) is 1. The number of hydrogen-bond acceptors (Lipinski definition) is 4. The molecule has 1 aromatic heterocycles. The summed E-state index contributed by atoms with van der Waals surface area (Å²) < 4.78 is 5.33. The molecule has 3 aliphatic heterocycles. The zero-order valence-electron chi connectivity index (χ0n) is 12.6. The predicted molar refractivity (Wildman–Crippen MR) is 85.6 cm³/mol. The summed E-state index contributed by atoms with van der Waals surface area (Å²) in [5.41, 5.74) is 3.37. The number of methoxy groups -OCH3 is 1. The normalized spacial score (nSPS) is 22.6. The van der Waals surface area contributed by atoms with Crippen molar-refractivity contribution >= 4 is 22.8 Å². The molecule has 0 saturated carbocycles. The van der Waals surface area contributed by atoms with Gasteiger partial charge in [0.15, 0.2) is 5.78 Å². The molecule has 112 valence electrons. The second-order valence-corrected chi connectivity index (χ2v) is 6.00. The van der Waals surface area contributed by atoms with Gasteiger partial charge in [-0.3, -0.25) is 9.78 Å². The number of fused-ring (bicyclic) bond motifs is 4. The Balaban J connectivity index is 1.78. The van der Waals surface area contributed by atoms with E-state index in [4.69, 9.17) is 4.74 Å². The van der Waals surface area contributed by atoms with Crippen LogP contribution in [0.5, 0.6) is 5.75 Å². The van der Waals surface area contributed by atoms with Crippen LogP contribution >= 0.6 is 0 Å². The molecule has 2 bridgehead atoms. The summed E-state index contributed by atoms with van der Waals surface area (Å²) in [6.07, 6.45) is 5.92. The number of carbonyl (C=O) groups is 1. The quantitative estimate of drug-likeness (QED) is 0.854. The lowest BCUT2D eigenvalue weighted by molar-refractivity contribution is -0.128. The van der Waals surface area contributed by atoms with Crippen LogP contribution in [0.3, 0.4) is 0 Å². The van der Waals surface area contributed by atoms with Crippen molar-refractivity contribution < 1.29 is 9.53 Å². The van der Waals surface area contributed by atoms with Crippen LogP contribution in [0.15, 0.2) is 36.2 Å². The van der Waals surface area contributed by atoms with E-state index >= 15 is 0 Å². The lowest BCUT2D eigenvalue weighted by Crippen LogP contribution is -2.46. The van der Waals surface area contributed by atoms with E-state index in [1.54, 1.807) is 7.11 Å². The van der Waals surface area contributed by atoms with Crippen LogP contribution in [-0.4, -0.2) is 35.9 Å². The van der Waals surface area contributed by atoms with Crippen molar-refractivity contribution in [3.63, 3.8) is 0 Å². The number of ketones is 1.